The van der Waals surface area contributed by atoms with Crippen LogP contribution >= 0.6 is 0 Å². The second-order valence-corrected chi connectivity index (χ2v) is 3.38. The summed E-state index contributed by atoms with van der Waals surface area (Å²) in [6.07, 6.45) is 0.747. The van der Waals surface area contributed by atoms with Crippen molar-refractivity contribution in [2.24, 2.45) is 0 Å². The monoisotopic (exact) mass is 194 g/mol. The Bertz CT molecular complexity index is 456. The summed E-state index contributed by atoms with van der Waals surface area (Å²) in [6.45, 7) is 1.73. The lowest BCUT2D eigenvalue weighted by Gasteiger charge is -2.18. The summed E-state index contributed by atoms with van der Waals surface area (Å²) in [5, 5.41) is 18.9. The van der Waals surface area contributed by atoms with Crippen molar-refractivity contribution in [3.05, 3.63) is 39.1 Å². The minimum Gasteiger partial charge on any atom is -0.512 e. The van der Waals surface area contributed by atoms with E-state index in [9.17, 15) is 15.0 Å². The Morgan fingerprint density at radius 1 is 1.57 bits per heavy atom. The van der Waals surface area contributed by atoms with Crippen molar-refractivity contribution in [1.29, 1.82) is 0 Å². The molecule has 0 saturated heterocycles. The normalized spacial score (nSPS) is 20.1. The first kappa shape index (κ1) is 9.02. The van der Waals surface area contributed by atoms with Crippen molar-refractivity contribution >= 4 is 6.08 Å². The number of aliphatic hydroxyl groups is 2. The Hall–Kier alpha value is -1.55. The summed E-state index contributed by atoms with van der Waals surface area (Å²) in [6, 6.07) is 1.33. The van der Waals surface area contributed by atoms with E-state index in [0.29, 0.717) is 11.1 Å². The minimum atomic E-state index is -0.792. The lowest BCUT2D eigenvalue weighted by atomic mass is 9.95. The molecule has 1 aliphatic rings. The molecule has 1 aliphatic carbocycles. The largest absolute Gasteiger partial charge is 0.512 e. The van der Waals surface area contributed by atoms with E-state index < -0.39 is 11.7 Å². The average Bonchev–Trinajstić information content (AvgIpc) is 1.99. The molecule has 0 radical (unpaired) electrons. The fourth-order valence-corrected chi connectivity index (χ4v) is 1.69. The van der Waals surface area contributed by atoms with Crippen LogP contribution in [0.25, 0.3) is 6.08 Å². The number of fused-ring (bicyclic) bond motifs is 1. The second-order valence-electron chi connectivity index (χ2n) is 3.38. The molecule has 0 saturated carbocycles. The van der Waals surface area contributed by atoms with E-state index in [-0.39, 0.29) is 17.9 Å². The fourth-order valence-electron chi connectivity index (χ4n) is 1.69. The molecule has 1 unspecified atom stereocenters. The molecular weight excluding hydrogens is 184 g/mol. The van der Waals surface area contributed by atoms with Crippen LogP contribution in [0.3, 0.4) is 0 Å². The number of aryl methyl sites for hydroxylation is 1. The third kappa shape index (κ3) is 1.33. The number of aliphatic hydroxyl groups excluding tert-OH is 2. The first-order chi connectivity index (χ1) is 6.58. The molecule has 1 atom stereocenters. The van der Waals surface area contributed by atoms with Crippen molar-refractivity contribution < 1.29 is 14.6 Å². The first-order valence-electron chi connectivity index (χ1n) is 4.30. The van der Waals surface area contributed by atoms with Gasteiger partial charge in [-0.05, 0) is 12.5 Å². The third-order valence-electron chi connectivity index (χ3n) is 2.27. The predicted molar refractivity (Wildman–Crippen MR) is 49.9 cm³/mol. The summed E-state index contributed by atoms with van der Waals surface area (Å²) < 4.78 is 4.87. The Morgan fingerprint density at radius 3 is 3.00 bits per heavy atom. The molecule has 0 aromatic carbocycles. The van der Waals surface area contributed by atoms with Crippen molar-refractivity contribution in [3.8, 4) is 0 Å². The third-order valence-corrected chi connectivity index (χ3v) is 2.27. The van der Waals surface area contributed by atoms with Gasteiger partial charge in [0, 0.05) is 24.1 Å². The van der Waals surface area contributed by atoms with Gasteiger partial charge in [-0.1, -0.05) is 0 Å². The van der Waals surface area contributed by atoms with Crippen molar-refractivity contribution in [2.45, 2.75) is 19.4 Å². The zero-order valence-corrected chi connectivity index (χ0v) is 7.65. The van der Waals surface area contributed by atoms with E-state index in [1.807, 2.05) is 0 Å². The van der Waals surface area contributed by atoms with Crippen molar-refractivity contribution in [2.75, 3.05) is 0 Å². The molecule has 0 fully saturated rings. The molecule has 1 aromatic heterocycles. The fraction of sp³-hybridized carbons (Fsp3) is 0.300. The van der Waals surface area contributed by atoms with Gasteiger partial charge in [0.05, 0.1) is 11.9 Å². The Labute approximate surface area is 80.1 Å². The minimum absolute atomic E-state index is 0.0266. The maximum Gasteiger partial charge on any atom is 0.336 e. The van der Waals surface area contributed by atoms with Crippen LogP contribution < -0.4 is 5.63 Å². The van der Waals surface area contributed by atoms with Gasteiger partial charge in [0.15, 0.2) is 0 Å². The molecule has 2 N–H and O–H groups in total. The number of hydrogen-bond acceptors (Lipinski definition) is 4. The molecule has 74 valence electrons. The van der Waals surface area contributed by atoms with E-state index in [2.05, 4.69) is 0 Å². The van der Waals surface area contributed by atoms with Crippen LogP contribution in [0.2, 0.25) is 0 Å². The van der Waals surface area contributed by atoms with E-state index in [1.54, 1.807) is 6.92 Å². The summed E-state index contributed by atoms with van der Waals surface area (Å²) >= 11 is 0. The van der Waals surface area contributed by atoms with E-state index in [1.165, 1.54) is 12.1 Å². The molecule has 4 nitrogen and oxygen atoms in total. The maximum absolute atomic E-state index is 11.0. The van der Waals surface area contributed by atoms with Crippen LogP contribution in [0.15, 0.2) is 21.0 Å². The van der Waals surface area contributed by atoms with Gasteiger partial charge < -0.3 is 14.6 Å². The molecule has 4 heteroatoms. The van der Waals surface area contributed by atoms with Gasteiger partial charge in [-0.2, -0.15) is 0 Å². The van der Waals surface area contributed by atoms with Gasteiger partial charge >= 0.3 is 5.63 Å². The van der Waals surface area contributed by atoms with Gasteiger partial charge in [-0.25, -0.2) is 4.79 Å². The lowest BCUT2D eigenvalue weighted by Crippen LogP contribution is -2.12. The molecule has 1 aromatic rings. The summed E-state index contributed by atoms with van der Waals surface area (Å²) in [5.41, 5.74) is 0.800. The number of hydrogen-bond donors (Lipinski definition) is 2. The lowest BCUT2D eigenvalue weighted by molar-refractivity contribution is 0.154. The number of rotatable bonds is 0. The molecule has 0 aliphatic heterocycles. The molecule has 1 heterocycles. The van der Waals surface area contributed by atoms with Crippen LogP contribution in [-0.4, -0.2) is 10.2 Å². The highest BCUT2D eigenvalue weighted by molar-refractivity contribution is 5.55. The van der Waals surface area contributed by atoms with Crippen LogP contribution in [0, 0.1) is 6.92 Å². The highest BCUT2D eigenvalue weighted by atomic mass is 16.4. The molecule has 14 heavy (non-hydrogen) atoms. The molecule has 2 rings (SSSR count). The SMILES string of the molecule is Cc1cc(=O)oc2c1C(O)CC(O)=C2. The van der Waals surface area contributed by atoms with E-state index in [4.69, 9.17) is 4.42 Å². The molecule has 0 spiro atoms. The van der Waals surface area contributed by atoms with Gasteiger partial charge in [0.1, 0.15) is 5.76 Å². The standard InChI is InChI=1S/C10H10O4/c1-5-2-9(13)14-8-4-6(11)3-7(12)10(5)8/h2,4,7,11-12H,3H2,1H3. The smallest absolute Gasteiger partial charge is 0.336 e. The topological polar surface area (TPSA) is 70.7 Å². The van der Waals surface area contributed by atoms with Crippen LogP contribution in [0.4, 0.5) is 0 Å². The Kier molecular flexibility index (Phi) is 1.93. The Morgan fingerprint density at radius 2 is 2.29 bits per heavy atom. The summed E-state index contributed by atoms with van der Waals surface area (Å²) in [7, 11) is 0. The molecular formula is C10H10O4. The average molecular weight is 194 g/mol. The summed E-state index contributed by atoms with van der Waals surface area (Å²) in [4.78, 5) is 11.0. The Balaban J connectivity index is 2.71. The maximum atomic E-state index is 11.0. The van der Waals surface area contributed by atoms with Gasteiger partial charge in [0.25, 0.3) is 0 Å². The highest BCUT2D eigenvalue weighted by Crippen LogP contribution is 2.31. The zero-order valence-electron chi connectivity index (χ0n) is 7.65. The summed E-state index contributed by atoms with van der Waals surface area (Å²) in [5.74, 6) is 0.282. The van der Waals surface area contributed by atoms with E-state index >= 15 is 0 Å². The quantitative estimate of drug-likeness (QED) is 0.652. The van der Waals surface area contributed by atoms with Gasteiger partial charge in [0.2, 0.25) is 0 Å². The van der Waals surface area contributed by atoms with Crippen LogP contribution in [0.5, 0.6) is 0 Å². The second kappa shape index (κ2) is 2.99. The molecule has 0 amide bonds. The molecule has 0 bridgehead atoms. The van der Waals surface area contributed by atoms with Gasteiger partial charge in [-0.15, -0.1) is 0 Å². The van der Waals surface area contributed by atoms with Gasteiger partial charge in [-0.3, -0.25) is 0 Å². The highest BCUT2D eigenvalue weighted by Gasteiger charge is 2.23. The van der Waals surface area contributed by atoms with E-state index in [0.717, 1.165) is 0 Å². The van der Waals surface area contributed by atoms with Crippen LogP contribution in [-0.2, 0) is 0 Å². The van der Waals surface area contributed by atoms with Crippen molar-refractivity contribution in [3.63, 3.8) is 0 Å². The zero-order chi connectivity index (χ0) is 10.3. The first-order valence-corrected chi connectivity index (χ1v) is 4.30. The van der Waals surface area contributed by atoms with Crippen molar-refractivity contribution in [1.82, 2.24) is 0 Å². The van der Waals surface area contributed by atoms with Crippen LogP contribution in [0.1, 0.15) is 29.4 Å². The predicted octanol–water partition coefficient (Wildman–Crippen LogP) is 1.28.